The maximum Gasteiger partial charge on any atom is 0.164 e. The van der Waals surface area contributed by atoms with Gasteiger partial charge in [-0.2, -0.15) is 0 Å². The summed E-state index contributed by atoms with van der Waals surface area (Å²) in [5.41, 5.74) is 24.4. The third-order valence-corrected chi connectivity index (χ3v) is 19.4. The second kappa shape index (κ2) is 27.6. The Kier molecular flexibility index (Phi) is 16.5. The number of benzene rings is 15. The van der Waals surface area contributed by atoms with Crippen LogP contribution in [0, 0.1) is 0 Å². The Morgan fingerprint density at radius 1 is 0.135 bits per heavy atom. The number of rotatable bonds is 13. The molecule has 15 aromatic carbocycles. The van der Waals surface area contributed by atoms with Crippen molar-refractivity contribution in [2.24, 2.45) is 0 Å². The van der Waals surface area contributed by atoms with Crippen LogP contribution in [0.5, 0.6) is 0 Å². The second-order valence-electron chi connectivity index (χ2n) is 25.8. The Morgan fingerprint density at radius 3 is 0.606 bits per heavy atom. The Balaban J connectivity index is 0.000000149. The zero-order chi connectivity index (χ0) is 69.1. The van der Waals surface area contributed by atoms with Crippen molar-refractivity contribution in [2.45, 2.75) is 0 Å². The van der Waals surface area contributed by atoms with Crippen molar-refractivity contribution in [2.75, 3.05) is 0 Å². The van der Waals surface area contributed by atoms with E-state index < -0.39 is 0 Å². The number of para-hydroxylation sites is 3. The molecule has 0 spiro atoms. The lowest BCUT2D eigenvalue weighted by Crippen LogP contribution is -2.00. The molecule has 19 rings (SSSR count). The van der Waals surface area contributed by atoms with Crippen molar-refractivity contribution in [1.29, 1.82) is 0 Å². The molecule has 0 radical (unpaired) electrons. The molecule has 0 unspecified atom stereocenters. The molecule has 19 aromatic rings. The monoisotopic (exact) mass is 1330 g/mol. The van der Waals surface area contributed by atoms with E-state index in [0.717, 1.165) is 78.1 Å². The molecule has 0 amide bonds. The Bertz CT molecular complexity index is 6130. The van der Waals surface area contributed by atoms with Gasteiger partial charge >= 0.3 is 0 Å². The van der Waals surface area contributed by atoms with Gasteiger partial charge in [0, 0.05) is 66.3 Å². The number of aromatic nitrogens is 8. The maximum atomic E-state index is 5.01. The molecule has 0 aliphatic rings. The van der Waals surface area contributed by atoms with Gasteiger partial charge in [0.1, 0.15) is 0 Å². The fourth-order valence-electron chi connectivity index (χ4n) is 14.1. The van der Waals surface area contributed by atoms with Crippen LogP contribution in [0.15, 0.2) is 388 Å². The summed E-state index contributed by atoms with van der Waals surface area (Å²) in [6.45, 7) is 0. The van der Waals surface area contributed by atoms with E-state index in [2.05, 4.69) is 300 Å². The molecule has 0 atom stereocenters. The van der Waals surface area contributed by atoms with Crippen LogP contribution in [0.4, 0.5) is 0 Å². The van der Waals surface area contributed by atoms with Gasteiger partial charge in [-0.05, 0) is 104 Å². The molecule has 0 N–H and O–H groups in total. The van der Waals surface area contributed by atoms with Crippen molar-refractivity contribution < 1.29 is 0 Å². The van der Waals surface area contributed by atoms with Crippen LogP contribution in [0.1, 0.15) is 0 Å². The smallest absolute Gasteiger partial charge is 0.164 e. The Labute approximate surface area is 602 Å². The van der Waals surface area contributed by atoms with E-state index >= 15 is 0 Å². The van der Waals surface area contributed by atoms with Crippen LogP contribution in [0.3, 0.4) is 0 Å². The molecular weight excluding hydrogens is 1270 g/mol. The SMILES string of the molecule is c1ccc(-c2ccc(-c3ccc(-c4nc(-c5ccccc5)nc(-c5ccc(-c6ccc(-n7c8ccccc8c8ccccc87)cc6)cc5)n4)cc3)cc2)cc1.c1ccc(-c2ccc3c4ccccc4n(-c4ccc(-c5ccc(-c6nc(-c7ccccc7)nc(-c7ccccc7)n6)cc5)cc4)c3c2)cc1. The summed E-state index contributed by atoms with van der Waals surface area (Å²) in [5.74, 6) is 3.88. The van der Waals surface area contributed by atoms with Crippen LogP contribution < -0.4 is 0 Å². The highest BCUT2D eigenvalue weighted by Crippen LogP contribution is 2.38. The third-order valence-electron chi connectivity index (χ3n) is 19.4. The van der Waals surface area contributed by atoms with E-state index in [4.69, 9.17) is 29.9 Å². The molecule has 488 valence electrons. The topological polar surface area (TPSA) is 87.2 Å². The first kappa shape index (κ1) is 62.2. The van der Waals surface area contributed by atoms with E-state index in [-0.39, 0.29) is 0 Å². The molecule has 4 aromatic heterocycles. The summed E-state index contributed by atoms with van der Waals surface area (Å²) in [4.78, 5) is 29.5. The van der Waals surface area contributed by atoms with Gasteiger partial charge in [0.25, 0.3) is 0 Å². The first-order chi connectivity index (χ1) is 51.5. The summed E-state index contributed by atoms with van der Waals surface area (Å²) < 4.78 is 4.72. The minimum atomic E-state index is 0.637. The number of hydrogen-bond donors (Lipinski definition) is 0. The van der Waals surface area contributed by atoms with Crippen molar-refractivity contribution in [3.8, 4) is 135 Å². The molecule has 8 nitrogen and oxygen atoms in total. The van der Waals surface area contributed by atoms with Crippen LogP contribution in [-0.4, -0.2) is 39.0 Å². The fraction of sp³-hybridized carbons (Fsp3) is 0. The fourth-order valence-corrected chi connectivity index (χ4v) is 14.1. The standard InChI is InChI=1S/C51H34N4.C45H30N4/c1-3-11-35(12-4-1)36-19-21-37(22-20-36)38-23-27-42(28-24-38)50-52-49(41-13-5-2-6-14-41)53-51(54-50)43-29-25-39(26-30-43)40-31-33-44(34-32-40)55-47-17-9-7-15-45(47)46-16-8-10-18-48(46)55;1-4-12-31(13-5-1)37-26-29-40-39-18-10-11-19-41(39)49(42(40)30-37)38-27-24-33(25-28-38)32-20-22-36(23-21-32)45-47-43(34-14-6-2-7-15-34)46-44(48-45)35-16-8-3-9-17-35/h1-34H;1-30H. The minimum Gasteiger partial charge on any atom is -0.309 e. The summed E-state index contributed by atoms with van der Waals surface area (Å²) in [7, 11) is 0. The molecule has 0 aliphatic carbocycles. The van der Waals surface area contributed by atoms with Crippen molar-refractivity contribution >= 4 is 43.6 Å². The molecule has 0 saturated heterocycles. The van der Waals surface area contributed by atoms with Crippen LogP contribution in [0.2, 0.25) is 0 Å². The predicted molar refractivity (Wildman–Crippen MR) is 428 cm³/mol. The van der Waals surface area contributed by atoms with Gasteiger partial charge in [0.2, 0.25) is 0 Å². The Hall–Kier alpha value is -14.1. The van der Waals surface area contributed by atoms with E-state index in [1.807, 2.05) is 97.1 Å². The summed E-state index contributed by atoms with van der Waals surface area (Å²) in [5, 5.41) is 5.02. The average molecular weight is 1330 g/mol. The summed E-state index contributed by atoms with van der Waals surface area (Å²) in [6, 6.07) is 136. The van der Waals surface area contributed by atoms with Gasteiger partial charge < -0.3 is 9.13 Å². The average Bonchev–Trinajstić information content (AvgIpc) is 1.57. The lowest BCUT2D eigenvalue weighted by atomic mass is 9.99. The highest BCUT2D eigenvalue weighted by Gasteiger charge is 2.19. The zero-order valence-electron chi connectivity index (χ0n) is 56.5. The van der Waals surface area contributed by atoms with Gasteiger partial charge in [-0.15, -0.1) is 0 Å². The Morgan fingerprint density at radius 2 is 0.317 bits per heavy atom. The first-order valence-electron chi connectivity index (χ1n) is 35.0. The number of nitrogens with zero attached hydrogens (tertiary/aromatic N) is 8. The third kappa shape index (κ3) is 12.3. The molecule has 104 heavy (non-hydrogen) atoms. The van der Waals surface area contributed by atoms with Gasteiger partial charge in [-0.1, -0.05) is 340 Å². The van der Waals surface area contributed by atoms with Gasteiger partial charge in [-0.3, -0.25) is 0 Å². The van der Waals surface area contributed by atoms with Gasteiger partial charge in [0.15, 0.2) is 34.9 Å². The summed E-state index contributed by atoms with van der Waals surface area (Å²) >= 11 is 0. The molecule has 0 aliphatic heterocycles. The predicted octanol–water partition coefficient (Wildman–Crippen LogP) is 24.3. The molecule has 0 fully saturated rings. The lowest BCUT2D eigenvalue weighted by molar-refractivity contribution is 1.07. The van der Waals surface area contributed by atoms with E-state index in [1.165, 1.54) is 65.9 Å². The molecule has 0 bridgehead atoms. The number of fused-ring (bicyclic) bond motifs is 6. The van der Waals surface area contributed by atoms with E-state index in [9.17, 15) is 0 Å². The first-order valence-corrected chi connectivity index (χ1v) is 35.0. The van der Waals surface area contributed by atoms with E-state index in [0.29, 0.717) is 34.9 Å². The van der Waals surface area contributed by atoms with Crippen molar-refractivity contribution in [1.82, 2.24) is 39.0 Å². The second-order valence-corrected chi connectivity index (χ2v) is 25.8. The quantitative estimate of drug-likeness (QED) is 0.114. The highest BCUT2D eigenvalue weighted by atomic mass is 15.0. The molecule has 4 heterocycles. The normalized spacial score (nSPS) is 11.3. The molecule has 0 saturated carbocycles. The van der Waals surface area contributed by atoms with Gasteiger partial charge in [0.05, 0.1) is 22.1 Å². The largest absolute Gasteiger partial charge is 0.309 e. The van der Waals surface area contributed by atoms with E-state index in [1.54, 1.807) is 0 Å². The van der Waals surface area contributed by atoms with Crippen LogP contribution in [-0.2, 0) is 0 Å². The van der Waals surface area contributed by atoms with Crippen LogP contribution in [0.25, 0.3) is 179 Å². The zero-order valence-corrected chi connectivity index (χ0v) is 56.5. The maximum absolute atomic E-state index is 5.01. The molecular formula is C96H64N8. The lowest BCUT2D eigenvalue weighted by Gasteiger charge is -2.11. The molecule has 8 heteroatoms. The summed E-state index contributed by atoms with van der Waals surface area (Å²) in [6.07, 6.45) is 0. The minimum absolute atomic E-state index is 0.637. The van der Waals surface area contributed by atoms with Crippen LogP contribution >= 0.6 is 0 Å². The van der Waals surface area contributed by atoms with Crippen molar-refractivity contribution in [3.63, 3.8) is 0 Å². The van der Waals surface area contributed by atoms with Gasteiger partial charge in [-0.25, -0.2) is 29.9 Å². The number of hydrogen-bond acceptors (Lipinski definition) is 6. The highest BCUT2D eigenvalue weighted by molar-refractivity contribution is 6.11. The van der Waals surface area contributed by atoms with Crippen molar-refractivity contribution in [3.05, 3.63) is 388 Å².